The van der Waals surface area contributed by atoms with Gasteiger partial charge in [0.15, 0.2) is 0 Å². The average Bonchev–Trinajstić information content (AvgIpc) is 3.24. The van der Waals surface area contributed by atoms with Gasteiger partial charge in [0.25, 0.3) is 5.91 Å². The Labute approximate surface area is 171 Å². The highest BCUT2D eigenvalue weighted by atomic mass is 79.9. The number of benzene rings is 2. The molecule has 0 saturated carbocycles. The van der Waals surface area contributed by atoms with E-state index in [1.54, 1.807) is 36.4 Å². The van der Waals surface area contributed by atoms with E-state index in [2.05, 4.69) is 21.2 Å². The Kier molecular flexibility index (Phi) is 6.66. The number of amides is 1. The van der Waals surface area contributed by atoms with Crippen LogP contribution in [0.15, 0.2) is 81.4 Å². The van der Waals surface area contributed by atoms with Crippen molar-refractivity contribution in [1.29, 1.82) is 5.26 Å². The summed E-state index contributed by atoms with van der Waals surface area (Å²) < 4.78 is 11.9. The lowest BCUT2D eigenvalue weighted by Crippen LogP contribution is -2.23. The molecular weight excluding hydrogens is 420 g/mol. The first-order valence-electron chi connectivity index (χ1n) is 8.54. The molecule has 0 saturated heterocycles. The highest BCUT2D eigenvalue weighted by Crippen LogP contribution is 2.17. The maximum absolute atomic E-state index is 12.2. The number of hydrogen-bond donors (Lipinski definition) is 1. The molecular formula is C22H17BrN2O3. The molecule has 2 aromatic carbocycles. The second kappa shape index (κ2) is 9.58. The van der Waals surface area contributed by atoms with Gasteiger partial charge in [-0.2, -0.15) is 5.26 Å². The van der Waals surface area contributed by atoms with Gasteiger partial charge in [-0.05, 0) is 53.6 Å². The van der Waals surface area contributed by atoms with Gasteiger partial charge in [0.1, 0.15) is 29.8 Å². The topological polar surface area (TPSA) is 75.3 Å². The molecule has 0 unspecified atom stereocenters. The number of carbonyl (C=O) groups is 1. The molecule has 3 rings (SSSR count). The molecule has 0 fully saturated rings. The van der Waals surface area contributed by atoms with Crippen LogP contribution in [0.5, 0.6) is 5.75 Å². The van der Waals surface area contributed by atoms with Gasteiger partial charge in [-0.15, -0.1) is 0 Å². The lowest BCUT2D eigenvalue weighted by Gasteiger charge is -2.07. The van der Waals surface area contributed by atoms with Crippen LogP contribution in [0.1, 0.15) is 16.9 Å². The highest BCUT2D eigenvalue weighted by Gasteiger charge is 2.09. The van der Waals surface area contributed by atoms with Crippen molar-refractivity contribution in [1.82, 2.24) is 5.32 Å². The van der Waals surface area contributed by atoms with Crippen LogP contribution in [0.2, 0.25) is 0 Å². The Hall–Kier alpha value is -3.30. The Balaban J connectivity index is 1.58. The average molecular weight is 437 g/mol. The zero-order valence-electron chi connectivity index (χ0n) is 14.9. The third-order valence-electron chi connectivity index (χ3n) is 3.88. The van der Waals surface area contributed by atoms with Crippen LogP contribution in [0, 0.1) is 11.3 Å². The minimum atomic E-state index is -0.450. The van der Waals surface area contributed by atoms with E-state index in [4.69, 9.17) is 9.15 Å². The number of rotatable bonds is 7. The van der Waals surface area contributed by atoms with Gasteiger partial charge in [0, 0.05) is 4.47 Å². The minimum Gasteiger partial charge on any atom is -0.489 e. The standard InChI is InChI=1S/C22H17BrN2O3/c23-19-7-3-17(4-8-19)15-28-20-9-5-16(6-10-20)12-18(13-24)22(26)25-14-21-2-1-11-27-21/h1-12H,14-15H2,(H,25,26)/b18-12+. The monoisotopic (exact) mass is 436 g/mol. The molecule has 6 heteroatoms. The quantitative estimate of drug-likeness (QED) is 0.424. The second-order valence-corrected chi connectivity index (χ2v) is 6.83. The summed E-state index contributed by atoms with van der Waals surface area (Å²) in [6.45, 7) is 0.689. The number of ether oxygens (including phenoxy) is 1. The normalized spacial score (nSPS) is 10.9. The Morgan fingerprint density at radius 1 is 1.14 bits per heavy atom. The summed E-state index contributed by atoms with van der Waals surface area (Å²) in [6, 6.07) is 20.5. The summed E-state index contributed by atoms with van der Waals surface area (Å²) in [5.74, 6) is 0.883. The smallest absolute Gasteiger partial charge is 0.262 e. The molecule has 1 amide bonds. The van der Waals surface area contributed by atoms with Crippen molar-refractivity contribution < 1.29 is 13.9 Å². The summed E-state index contributed by atoms with van der Waals surface area (Å²) >= 11 is 3.40. The first kappa shape index (κ1) is 19.5. The van der Waals surface area contributed by atoms with Crippen molar-refractivity contribution in [3.8, 4) is 11.8 Å². The fourth-order valence-corrected chi connectivity index (χ4v) is 2.66. The molecule has 28 heavy (non-hydrogen) atoms. The molecule has 0 radical (unpaired) electrons. The molecule has 0 aliphatic heterocycles. The fourth-order valence-electron chi connectivity index (χ4n) is 2.40. The third-order valence-corrected chi connectivity index (χ3v) is 4.41. The SMILES string of the molecule is N#C/C(=C\c1ccc(OCc2ccc(Br)cc2)cc1)C(=O)NCc1ccco1. The van der Waals surface area contributed by atoms with E-state index in [0.717, 1.165) is 15.6 Å². The maximum atomic E-state index is 12.2. The van der Waals surface area contributed by atoms with Gasteiger partial charge in [0.2, 0.25) is 0 Å². The summed E-state index contributed by atoms with van der Waals surface area (Å²) in [6.07, 6.45) is 3.07. The molecule has 0 spiro atoms. The van der Waals surface area contributed by atoms with Crippen LogP contribution in [0.25, 0.3) is 6.08 Å². The summed E-state index contributed by atoms with van der Waals surface area (Å²) in [5, 5.41) is 11.9. The van der Waals surface area contributed by atoms with Crippen LogP contribution in [0.4, 0.5) is 0 Å². The molecule has 0 bridgehead atoms. The lowest BCUT2D eigenvalue weighted by atomic mass is 10.1. The van der Waals surface area contributed by atoms with E-state index in [-0.39, 0.29) is 12.1 Å². The number of carbonyl (C=O) groups excluding carboxylic acids is 1. The Morgan fingerprint density at radius 3 is 2.54 bits per heavy atom. The molecule has 3 aromatic rings. The molecule has 1 N–H and O–H groups in total. The molecule has 140 valence electrons. The number of nitrogens with zero attached hydrogens (tertiary/aromatic N) is 1. The Bertz CT molecular complexity index is 986. The molecule has 1 aromatic heterocycles. The van der Waals surface area contributed by atoms with Gasteiger partial charge in [0.05, 0.1) is 12.8 Å². The fraction of sp³-hybridized carbons (Fsp3) is 0.0909. The molecule has 5 nitrogen and oxygen atoms in total. The maximum Gasteiger partial charge on any atom is 0.262 e. The predicted octanol–water partition coefficient (Wildman–Crippen LogP) is 4.84. The van der Waals surface area contributed by atoms with E-state index < -0.39 is 5.91 Å². The number of halogens is 1. The Morgan fingerprint density at radius 2 is 1.89 bits per heavy atom. The zero-order valence-corrected chi connectivity index (χ0v) is 16.5. The van der Waals surface area contributed by atoms with Crippen molar-refractivity contribution in [3.05, 3.63) is 93.9 Å². The van der Waals surface area contributed by atoms with E-state index in [9.17, 15) is 10.1 Å². The first-order valence-corrected chi connectivity index (χ1v) is 9.33. The third kappa shape index (κ3) is 5.60. The van der Waals surface area contributed by atoms with Crippen LogP contribution in [0.3, 0.4) is 0 Å². The second-order valence-electron chi connectivity index (χ2n) is 5.92. The zero-order chi connectivity index (χ0) is 19.8. The van der Waals surface area contributed by atoms with Gasteiger partial charge < -0.3 is 14.5 Å². The van der Waals surface area contributed by atoms with Gasteiger partial charge in [-0.3, -0.25) is 4.79 Å². The number of nitrogens with one attached hydrogen (secondary N) is 1. The van der Waals surface area contributed by atoms with Gasteiger partial charge in [-0.25, -0.2) is 0 Å². The summed E-state index contributed by atoms with van der Waals surface area (Å²) in [4.78, 5) is 12.2. The number of hydrogen-bond acceptors (Lipinski definition) is 4. The van der Waals surface area contributed by atoms with Crippen molar-refractivity contribution >= 4 is 27.9 Å². The van der Waals surface area contributed by atoms with Crippen molar-refractivity contribution in [3.63, 3.8) is 0 Å². The summed E-state index contributed by atoms with van der Waals surface area (Å²) in [7, 11) is 0. The minimum absolute atomic E-state index is 0.0232. The van der Waals surface area contributed by atoms with Crippen molar-refractivity contribution in [2.24, 2.45) is 0 Å². The largest absolute Gasteiger partial charge is 0.489 e. The van der Waals surface area contributed by atoms with Crippen LogP contribution >= 0.6 is 15.9 Å². The van der Waals surface area contributed by atoms with E-state index in [1.807, 2.05) is 30.3 Å². The van der Waals surface area contributed by atoms with E-state index >= 15 is 0 Å². The van der Waals surface area contributed by atoms with Crippen LogP contribution in [-0.4, -0.2) is 5.91 Å². The van der Waals surface area contributed by atoms with Crippen LogP contribution < -0.4 is 10.1 Å². The lowest BCUT2D eigenvalue weighted by molar-refractivity contribution is -0.117. The molecule has 0 atom stereocenters. The first-order chi connectivity index (χ1) is 13.6. The van der Waals surface area contributed by atoms with E-state index in [1.165, 1.54) is 12.3 Å². The number of furan rings is 1. The van der Waals surface area contributed by atoms with Gasteiger partial charge >= 0.3 is 0 Å². The van der Waals surface area contributed by atoms with Crippen molar-refractivity contribution in [2.45, 2.75) is 13.2 Å². The highest BCUT2D eigenvalue weighted by molar-refractivity contribution is 9.10. The predicted molar refractivity (Wildman–Crippen MR) is 109 cm³/mol. The molecule has 1 heterocycles. The summed E-state index contributed by atoms with van der Waals surface area (Å²) in [5.41, 5.74) is 1.82. The molecule has 0 aliphatic carbocycles. The van der Waals surface area contributed by atoms with Crippen molar-refractivity contribution in [2.75, 3.05) is 0 Å². The van der Waals surface area contributed by atoms with E-state index in [0.29, 0.717) is 18.1 Å². The van der Waals surface area contributed by atoms with Gasteiger partial charge in [-0.1, -0.05) is 40.2 Å². The molecule has 0 aliphatic rings. The van der Waals surface area contributed by atoms with Crippen LogP contribution in [-0.2, 0) is 17.9 Å². The number of nitriles is 1.